The van der Waals surface area contributed by atoms with Crippen molar-refractivity contribution in [2.75, 3.05) is 0 Å². The minimum atomic E-state index is 0. The van der Waals surface area contributed by atoms with Crippen LogP contribution in [0.2, 0.25) is 0 Å². The predicted octanol–water partition coefficient (Wildman–Crippen LogP) is 11.0. The number of benzene rings is 5. The zero-order valence-corrected chi connectivity index (χ0v) is 27.9. The van der Waals surface area contributed by atoms with Crippen molar-refractivity contribution in [2.24, 2.45) is 0 Å². The quantitative estimate of drug-likeness (QED) is 0.167. The summed E-state index contributed by atoms with van der Waals surface area (Å²) in [6.07, 6.45) is 3.67. The van der Waals surface area contributed by atoms with Crippen molar-refractivity contribution in [1.29, 1.82) is 0 Å². The number of aromatic nitrogens is 2. The van der Waals surface area contributed by atoms with Gasteiger partial charge in [0.15, 0.2) is 0 Å². The van der Waals surface area contributed by atoms with Crippen molar-refractivity contribution in [3.63, 3.8) is 0 Å². The van der Waals surface area contributed by atoms with Gasteiger partial charge in [-0.15, -0.1) is 42.0 Å². The van der Waals surface area contributed by atoms with Crippen molar-refractivity contribution in [3.8, 4) is 22.5 Å². The molecule has 4 nitrogen and oxygen atoms in total. The van der Waals surface area contributed by atoms with Gasteiger partial charge in [0, 0.05) is 49.2 Å². The van der Waals surface area contributed by atoms with Gasteiger partial charge in [0.25, 0.3) is 0 Å². The van der Waals surface area contributed by atoms with Gasteiger partial charge in [0.2, 0.25) is 0 Å². The second-order valence-electron chi connectivity index (χ2n) is 11.2. The number of fused-ring (bicyclic) bond motifs is 6. The van der Waals surface area contributed by atoms with Crippen molar-refractivity contribution in [3.05, 3.63) is 169 Å². The number of hydrogen-bond acceptors (Lipinski definition) is 4. The number of rotatable bonds is 4. The molecule has 229 valence electrons. The zero-order valence-electron chi connectivity index (χ0n) is 25.5. The van der Waals surface area contributed by atoms with Crippen molar-refractivity contribution < 1.29 is 28.9 Å². The smallest absolute Gasteiger partial charge is 0.120 e. The summed E-state index contributed by atoms with van der Waals surface area (Å²) in [6, 6.07) is 51.4. The summed E-state index contributed by atoms with van der Waals surface area (Å²) in [7, 11) is 0. The van der Waals surface area contributed by atoms with Gasteiger partial charge in [-0.1, -0.05) is 108 Å². The summed E-state index contributed by atoms with van der Waals surface area (Å²) in [6.45, 7) is 2.23. The van der Waals surface area contributed by atoms with Crippen LogP contribution in [0.4, 0.5) is 0 Å². The van der Waals surface area contributed by atoms with Crippen LogP contribution in [0.25, 0.3) is 66.4 Å². The van der Waals surface area contributed by atoms with Crippen molar-refractivity contribution >= 4 is 43.9 Å². The van der Waals surface area contributed by atoms with Gasteiger partial charge in [-0.05, 0) is 46.8 Å². The number of nitrogens with zero attached hydrogens (tertiary/aromatic N) is 2. The third-order valence-corrected chi connectivity index (χ3v) is 8.43. The summed E-state index contributed by atoms with van der Waals surface area (Å²) in [5.41, 5.74) is 9.76. The first kappa shape index (κ1) is 30.3. The Bertz CT molecular complexity index is 2450. The van der Waals surface area contributed by atoms with E-state index in [2.05, 4.69) is 83.6 Å². The van der Waals surface area contributed by atoms with Crippen LogP contribution in [0.3, 0.4) is 0 Å². The molecule has 0 bridgehead atoms. The molecule has 5 heteroatoms. The van der Waals surface area contributed by atoms with Crippen LogP contribution in [0, 0.1) is 12.1 Å². The second-order valence-corrected chi connectivity index (χ2v) is 11.2. The van der Waals surface area contributed by atoms with Crippen LogP contribution >= 0.6 is 0 Å². The monoisotopic (exact) mass is 785 g/mol. The molecule has 0 amide bonds. The standard InChI is InChI=1S/C25H18NO.C17H10NO.Ir/c1-17(18-7-3-2-4-8-18)19-13-14-26-23(16-19)20-11-12-25-22(15-20)21-9-5-6-10-24(21)27-25;1-2-10-16-12(6-1)13-7-5-8-14(17(13)19-16)15-9-3-4-11-18-15;/h2-10,12-17H,1H3;1-7,9-11H;/q2*-1;. The maximum atomic E-state index is 5.97. The van der Waals surface area contributed by atoms with E-state index in [9.17, 15) is 0 Å². The van der Waals surface area contributed by atoms with Gasteiger partial charge in [0.1, 0.15) is 11.2 Å². The SMILES string of the molecule is CC(c1ccccc1)c1ccnc(-c2[c-]cc3oc4ccccc4c3c2)c1.[Ir].[c-]1ccc2c(oc3ccccc32)c1-c1ccccn1. The fourth-order valence-corrected chi connectivity index (χ4v) is 6.01. The molecule has 4 aromatic heterocycles. The van der Waals surface area contributed by atoms with E-state index in [0.717, 1.165) is 66.4 Å². The molecule has 1 radical (unpaired) electrons. The maximum Gasteiger partial charge on any atom is 0.120 e. The molecule has 0 spiro atoms. The van der Waals surface area contributed by atoms with Gasteiger partial charge < -0.3 is 18.8 Å². The molecule has 0 aliphatic heterocycles. The molecule has 9 aromatic rings. The summed E-state index contributed by atoms with van der Waals surface area (Å²) in [5, 5.41) is 4.46. The van der Waals surface area contributed by atoms with Crippen LogP contribution in [-0.2, 0) is 20.1 Å². The minimum Gasteiger partial charge on any atom is -0.501 e. The van der Waals surface area contributed by atoms with E-state index in [1.165, 1.54) is 11.1 Å². The molecule has 0 saturated carbocycles. The average molecular weight is 785 g/mol. The second kappa shape index (κ2) is 13.2. The van der Waals surface area contributed by atoms with Crippen LogP contribution < -0.4 is 0 Å². The molecule has 4 heterocycles. The summed E-state index contributed by atoms with van der Waals surface area (Å²) in [5.74, 6) is 0.312. The Morgan fingerprint density at radius 2 is 1.26 bits per heavy atom. The normalized spacial score (nSPS) is 11.7. The predicted molar refractivity (Wildman–Crippen MR) is 186 cm³/mol. The van der Waals surface area contributed by atoms with Crippen LogP contribution in [0.5, 0.6) is 0 Å². The van der Waals surface area contributed by atoms with E-state index in [1.54, 1.807) is 6.20 Å². The fourth-order valence-electron chi connectivity index (χ4n) is 6.01. The average Bonchev–Trinajstić information content (AvgIpc) is 3.70. The maximum absolute atomic E-state index is 5.97. The topological polar surface area (TPSA) is 52.1 Å². The molecule has 1 unspecified atom stereocenters. The number of para-hydroxylation sites is 2. The summed E-state index contributed by atoms with van der Waals surface area (Å²) in [4.78, 5) is 8.97. The Kier molecular flexibility index (Phi) is 8.50. The molecule has 9 rings (SSSR count). The van der Waals surface area contributed by atoms with Crippen LogP contribution in [-0.4, -0.2) is 9.97 Å². The van der Waals surface area contributed by atoms with E-state index in [1.807, 2.05) is 85.1 Å². The molecule has 0 saturated heterocycles. The van der Waals surface area contributed by atoms with Crippen molar-refractivity contribution in [2.45, 2.75) is 12.8 Å². The van der Waals surface area contributed by atoms with E-state index in [-0.39, 0.29) is 20.1 Å². The van der Waals surface area contributed by atoms with E-state index < -0.39 is 0 Å². The van der Waals surface area contributed by atoms with Gasteiger partial charge in [-0.2, -0.15) is 0 Å². The third kappa shape index (κ3) is 5.88. The van der Waals surface area contributed by atoms with Crippen LogP contribution in [0.15, 0.2) is 155 Å². The molecule has 0 fully saturated rings. The Morgan fingerprint density at radius 1 is 0.553 bits per heavy atom. The summed E-state index contributed by atoms with van der Waals surface area (Å²) < 4.78 is 11.9. The van der Waals surface area contributed by atoms with E-state index in [0.29, 0.717) is 5.92 Å². The Balaban J connectivity index is 0.000000155. The van der Waals surface area contributed by atoms with Gasteiger partial charge in [0.05, 0.1) is 11.2 Å². The first-order valence-corrected chi connectivity index (χ1v) is 15.3. The zero-order chi connectivity index (χ0) is 30.9. The van der Waals surface area contributed by atoms with Gasteiger partial charge >= 0.3 is 0 Å². The van der Waals surface area contributed by atoms with E-state index >= 15 is 0 Å². The Labute approximate surface area is 286 Å². The molecule has 0 N–H and O–H groups in total. The first-order valence-electron chi connectivity index (χ1n) is 15.3. The van der Waals surface area contributed by atoms with Gasteiger partial charge in [-0.3, -0.25) is 0 Å². The molecule has 0 aliphatic carbocycles. The van der Waals surface area contributed by atoms with Gasteiger partial charge in [-0.25, -0.2) is 0 Å². The molecular weight excluding hydrogens is 757 g/mol. The first-order chi connectivity index (χ1) is 22.7. The van der Waals surface area contributed by atoms with Crippen LogP contribution in [0.1, 0.15) is 24.0 Å². The fraction of sp³-hybridized carbons (Fsp3) is 0.0476. The molecule has 47 heavy (non-hydrogen) atoms. The number of pyridine rings is 2. The number of hydrogen-bond donors (Lipinski definition) is 0. The van der Waals surface area contributed by atoms with E-state index in [4.69, 9.17) is 8.83 Å². The molecule has 1 atom stereocenters. The molecule has 0 aliphatic rings. The Morgan fingerprint density at radius 3 is 2.04 bits per heavy atom. The molecule has 5 aromatic carbocycles. The Hall–Kier alpha value is -5.35. The summed E-state index contributed by atoms with van der Waals surface area (Å²) >= 11 is 0. The third-order valence-electron chi connectivity index (χ3n) is 8.43. The van der Waals surface area contributed by atoms with Crippen molar-refractivity contribution in [1.82, 2.24) is 9.97 Å². The number of furan rings is 2. The minimum absolute atomic E-state index is 0. The largest absolute Gasteiger partial charge is 0.501 e. The molecular formula is C42H28IrN2O2-2.